The van der Waals surface area contributed by atoms with Crippen molar-refractivity contribution in [2.45, 2.75) is 4.95 Å². The number of hydrogen-bond donors (Lipinski definition) is 3. The molecule has 0 saturated heterocycles. The van der Waals surface area contributed by atoms with Crippen molar-refractivity contribution < 1.29 is 4.79 Å². The fourth-order valence-electron chi connectivity index (χ4n) is 0. The maximum atomic E-state index is 9.75. The third-order valence-corrected chi connectivity index (χ3v) is 0.723. The Kier molecular flexibility index (Phi) is 5.76. The van der Waals surface area contributed by atoms with Gasteiger partial charge in [-0.2, -0.15) is 0 Å². The van der Waals surface area contributed by atoms with Gasteiger partial charge >= 0.3 is 0 Å². The number of nitrogens with two attached hydrogens (primary N) is 2. The molecule has 44 valence electrons. The molecule has 0 fully saturated rings. The van der Waals surface area contributed by atoms with Gasteiger partial charge in [0, 0.05) is 0 Å². The van der Waals surface area contributed by atoms with Gasteiger partial charge in [-0.05, 0) is 0 Å². The molecule has 1 unspecified atom stereocenters. The Balaban J connectivity index is 0. The lowest BCUT2D eigenvalue weighted by molar-refractivity contribution is -0.117. The standard InChI is InChI=1S/C2H5BrN2O.H3N/c3-1(4)2(5)6;/h1H,4H2,(H2,5,6);1H3. The van der Waals surface area contributed by atoms with E-state index in [4.69, 9.17) is 5.73 Å². The minimum atomic E-state index is -0.697. The van der Waals surface area contributed by atoms with Gasteiger partial charge in [0.25, 0.3) is 0 Å². The molecule has 0 radical (unpaired) electrons. The number of rotatable bonds is 1. The summed E-state index contributed by atoms with van der Waals surface area (Å²) >= 11 is 2.74. The number of halogens is 1. The highest BCUT2D eigenvalue weighted by Gasteiger charge is 1.98. The van der Waals surface area contributed by atoms with E-state index >= 15 is 0 Å². The van der Waals surface area contributed by atoms with E-state index in [1.165, 1.54) is 0 Å². The fourth-order valence-corrected chi connectivity index (χ4v) is 0. The van der Waals surface area contributed by atoms with Gasteiger partial charge in [-0.15, -0.1) is 0 Å². The van der Waals surface area contributed by atoms with Crippen molar-refractivity contribution in [2.75, 3.05) is 0 Å². The van der Waals surface area contributed by atoms with Crippen molar-refractivity contribution in [3.63, 3.8) is 0 Å². The zero-order valence-electron chi connectivity index (χ0n) is 3.73. The number of alkyl halides is 1. The van der Waals surface area contributed by atoms with Crippen molar-refractivity contribution >= 4 is 21.8 Å². The minimum Gasteiger partial charge on any atom is -0.368 e. The zero-order chi connectivity index (χ0) is 5.15. The van der Waals surface area contributed by atoms with Crippen LogP contribution in [0.5, 0.6) is 0 Å². The van der Waals surface area contributed by atoms with Crippen LogP contribution in [0.4, 0.5) is 0 Å². The zero-order valence-corrected chi connectivity index (χ0v) is 5.31. The summed E-state index contributed by atoms with van der Waals surface area (Å²) in [6, 6.07) is 0. The highest BCUT2D eigenvalue weighted by molar-refractivity contribution is 9.09. The molecule has 0 bridgehead atoms. The molecule has 0 aliphatic heterocycles. The Morgan fingerprint density at radius 3 is 1.86 bits per heavy atom. The molecule has 1 amide bonds. The van der Waals surface area contributed by atoms with Crippen LogP contribution in [-0.2, 0) is 4.79 Å². The Morgan fingerprint density at radius 2 is 1.86 bits per heavy atom. The minimum absolute atomic E-state index is 0. The average molecular weight is 170 g/mol. The molecule has 5 heteroatoms. The molecule has 0 rings (SSSR count). The van der Waals surface area contributed by atoms with E-state index in [-0.39, 0.29) is 6.15 Å². The number of hydrogen-bond acceptors (Lipinski definition) is 3. The molecular formula is C2H8BrN3O. The van der Waals surface area contributed by atoms with Crippen LogP contribution in [0.3, 0.4) is 0 Å². The molecule has 0 aromatic rings. The summed E-state index contributed by atoms with van der Waals surface area (Å²) in [6.07, 6.45) is 0. The van der Waals surface area contributed by atoms with E-state index in [0.717, 1.165) is 0 Å². The number of carbonyl (C=O) groups excluding carboxylic acids is 1. The lowest BCUT2D eigenvalue weighted by Gasteiger charge is -1.89. The third kappa shape index (κ3) is 5.87. The van der Waals surface area contributed by atoms with E-state index in [1.807, 2.05) is 0 Å². The first-order valence-electron chi connectivity index (χ1n) is 1.33. The molecule has 0 aliphatic carbocycles. The Morgan fingerprint density at radius 1 is 1.71 bits per heavy atom. The van der Waals surface area contributed by atoms with Crippen LogP contribution >= 0.6 is 15.9 Å². The summed E-state index contributed by atoms with van der Waals surface area (Å²) in [4.78, 5) is 9.05. The Labute approximate surface area is 49.9 Å². The second-order valence-corrected chi connectivity index (χ2v) is 1.79. The molecule has 0 aromatic carbocycles. The van der Waals surface area contributed by atoms with Gasteiger partial charge in [-0.25, -0.2) is 0 Å². The maximum absolute atomic E-state index is 9.75. The summed E-state index contributed by atoms with van der Waals surface area (Å²) in [6.45, 7) is 0. The molecule has 4 nitrogen and oxygen atoms in total. The largest absolute Gasteiger partial charge is 0.368 e. The smallest absolute Gasteiger partial charge is 0.245 e. The normalized spacial score (nSPS) is 11.7. The molecule has 0 aliphatic rings. The van der Waals surface area contributed by atoms with Gasteiger partial charge in [0.05, 0.1) is 0 Å². The molecular weight excluding hydrogens is 162 g/mol. The topological polar surface area (TPSA) is 104 Å². The summed E-state index contributed by atoms with van der Waals surface area (Å²) in [5.41, 5.74) is 9.50. The van der Waals surface area contributed by atoms with Gasteiger partial charge in [0.2, 0.25) is 5.91 Å². The predicted octanol–water partition coefficient (Wildman–Crippen LogP) is -0.687. The summed E-state index contributed by atoms with van der Waals surface area (Å²) in [5.74, 6) is -0.546. The second kappa shape index (κ2) is 4.04. The highest BCUT2D eigenvalue weighted by atomic mass is 79.9. The van der Waals surface area contributed by atoms with Crippen LogP contribution < -0.4 is 17.6 Å². The SMILES string of the molecule is N.NC(=O)C(N)Br. The van der Waals surface area contributed by atoms with Crippen molar-refractivity contribution in [1.29, 1.82) is 0 Å². The molecule has 0 spiro atoms. The number of primary amides is 1. The van der Waals surface area contributed by atoms with E-state index < -0.39 is 10.9 Å². The third-order valence-electron chi connectivity index (χ3n) is 0.272. The molecule has 0 heterocycles. The number of carbonyl (C=O) groups is 1. The number of amides is 1. The Hall–Kier alpha value is -0.130. The van der Waals surface area contributed by atoms with Gasteiger partial charge in [-0.1, -0.05) is 15.9 Å². The van der Waals surface area contributed by atoms with Crippen LogP contribution in [0.15, 0.2) is 0 Å². The second-order valence-electron chi connectivity index (χ2n) is 0.804. The van der Waals surface area contributed by atoms with E-state index in [1.54, 1.807) is 0 Å². The van der Waals surface area contributed by atoms with Crippen LogP contribution in [-0.4, -0.2) is 10.9 Å². The van der Waals surface area contributed by atoms with Gasteiger partial charge in [-0.3, -0.25) is 4.79 Å². The highest BCUT2D eigenvalue weighted by Crippen LogP contribution is 1.83. The predicted molar refractivity (Wildman–Crippen MR) is 31.1 cm³/mol. The maximum Gasteiger partial charge on any atom is 0.245 e. The van der Waals surface area contributed by atoms with Crippen molar-refractivity contribution in [2.24, 2.45) is 11.5 Å². The first-order chi connectivity index (χ1) is 2.64. The molecule has 1 atom stereocenters. The Bertz CT molecular complexity index is 64.0. The molecule has 0 aromatic heterocycles. The van der Waals surface area contributed by atoms with E-state index in [0.29, 0.717) is 0 Å². The van der Waals surface area contributed by atoms with Crippen molar-refractivity contribution in [3.05, 3.63) is 0 Å². The van der Waals surface area contributed by atoms with Gasteiger partial charge < -0.3 is 17.6 Å². The first-order valence-corrected chi connectivity index (χ1v) is 2.25. The summed E-state index contributed by atoms with van der Waals surface area (Å²) in [7, 11) is 0. The fraction of sp³-hybridized carbons (Fsp3) is 0.500. The van der Waals surface area contributed by atoms with Crippen molar-refractivity contribution in [1.82, 2.24) is 6.15 Å². The monoisotopic (exact) mass is 169 g/mol. The average Bonchev–Trinajstić information content (AvgIpc) is 1.36. The van der Waals surface area contributed by atoms with Crippen molar-refractivity contribution in [3.8, 4) is 0 Å². The summed E-state index contributed by atoms with van der Waals surface area (Å²) in [5, 5.41) is 0. The van der Waals surface area contributed by atoms with Crippen LogP contribution in [0, 0.1) is 0 Å². The summed E-state index contributed by atoms with van der Waals surface area (Å²) < 4.78 is 0. The molecule has 0 saturated carbocycles. The van der Waals surface area contributed by atoms with E-state index in [9.17, 15) is 4.79 Å². The molecule has 7 N–H and O–H groups in total. The van der Waals surface area contributed by atoms with Crippen LogP contribution in [0.2, 0.25) is 0 Å². The molecule has 7 heavy (non-hydrogen) atoms. The van der Waals surface area contributed by atoms with E-state index in [2.05, 4.69) is 21.7 Å². The van der Waals surface area contributed by atoms with Crippen LogP contribution in [0.25, 0.3) is 0 Å². The lowest BCUT2D eigenvalue weighted by atomic mass is 10.7. The first kappa shape index (κ1) is 9.98. The van der Waals surface area contributed by atoms with Gasteiger partial charge in [0.15, 0.2) is 0 Å². The van der Waals surface area contributed by atoms with Crippen LogP contribution in [0.1, 0.15) is 0 Å². The lowest BCUT2D eigenvalue weighted by Crippen LogP contribution is -2.30. The van der Waals surface area contributed by atoms with Gasteiger partial charge in [0.1, 0.15) is 4.95 Å². The quantitative estimate of drug-likeness (QED) is 0.358.